The number of halogens is 3. The highest BCUT2D eigenvalue weighted by molar-refractivity contribution is 6.58. The summed E-state index contributed by atoms with van der Waals surface area (Å²) in [6, 6.07) is 21.9. The van der Waals surface area contributed by atoms with Crippen molar-refractivity contribution in [3.8, 4) is 23.0 Å². The summed E-state index contributed by atoms with van der Waals surface area (Å²) in [6.07, 6.45) is 5.39. The van der Waals surface area contributed by atoms with Crippen molar-refractivity contribution in [2.24, 2.45) is 17.8 Å². The minimum absolute atomic E-state index is 0.0542. The molecular weight excluding hydrogens is 762 g/mol. The first-order chi connectivity index (χ1) is 26.9. The smallest absolute Gasteiger partial charge is 0.258 e. The standard InChI is InChI=1S/C43H35Cl2FN2O8/c1-54-28-17-20-33(55-2)24(21-28)10-7-23-8-13-26(14-9-23)47-38(50)30-19-18-29-32(35(30)39(47)51)22-42(44)40(52)48(27-15-11-25(46)12-16-27)41(53)43(42,45)36(29)31-5-4-6-34(56-3)37(31)49/h4-18,20-21,30,32,35-36,49H,19,22H2,1-3H3. The molecule has 0 aromatic heterocycles. The van der Waals surface area contributed by atoms with Crippen LogP contribution in [0.3, 0.4) is 0 Å². The van der Waals surface area contributed by atoms with E-state index in [9.17, 15) is 28.7 Å². The Bertz CT molecular complexity index is 2370. The monoisotopic (exact) mass is 796 g/mol. The number of hydrogen-bond acceptors (Lipinski definition) is 8. The second-order valence-electron chi connectivity index (χ2n) is 14.2. The molecule has 8 rings (SSSR count). The number of amides is 4. The fraction of sp³-hybridized carbons (Fsp3) is 0.256. The number of rotatable bonds is 8. The van der Waals surface area contributed by atoms with Gasteiger partial charge in [0.1, 0.15) is 17.3 Å². The molecule has 2 saturated heterocycles. The number of alkyl halides is 2. The highest BCUT2D eigenvalue weighted by Crippen LogP contribution is 2.67. The summed E-state index contributed by atoms with van der Waals surface area (Å²) in [4.78, 5) is 55.5. The maximum atomic E-state index is 14.6. The average molecular weight is 798 g/mol. The zero-order valence-corrected chi connectivity index (χ0v) is 31.9. The molecule has 6 unspecified atom stereocenters. The van der Waals surface area contributed by atoms with Crippen LogP contribution in [0.4, 0.5) is 15.8 Å². The molecule has 10 nitrogen and oxygen atoms in total. The number of carbonyl (C=O) groups excluding carboxylic acids is 4. The van der Waals surface area contributed by atoms with Crippen LogP contribution in [-0.4, -0.2) is 59.8 Å². The highest BCUT2D eigenvalue weighted by atomic mass is 35.5. The highest BCUT2D eigenvalue weighted by Gasteiger charge is 2.77. The van der Waals surface area contributed by atoms with Gasteiger partial charge in [-0.25, -0.2) is 9.29 Å². The van der Waals surface area contributed by atoms with Gasteiger partial charge in [-0.05, 0) is 85.0 Å². The van der Waals surface area contributed by atoms with E-state index >= 15 is 0 Å². The number of anilines is 2. The molecule has 2 aliphatic carbocycles. The van der Waals surface area contributed by atoms with Crippen LogP contribution in [0.15, 0.2) is 96.6 Å². The predicted molar refractivity (Wildman–Crippen MR) is 209 cm³/mol. The maximum absolute atomic E-state index is 14.6. The zero-order chi connectivity index (χ0) is 39.7. The Labute approximate surface area is 331 Å². The van der Waals surface area contributed by atoms with E-state index in [1.807, 2.05) is 18.2 Å². The molecule has 3 fully saturated rings. The molecule has 2 aliphatic heterocycles. The van der Waals surface area contributed by atoms with Gasteiger partial charge in [-0.2, -0.15) is 0 Å². The van der Waals surface area contributed by atoms with Crippen LogP contribution in [0.25, 0.3) is 12.2 Å². The van der Waals surface area contributed by atoms with Crippen LogP contribution in [0, 0.1) is 23.6 Å². The number of benzene rings is 4. The van der Waals surface area contributed by atoms with E-state index in [0.717, 1.165) is 28.2 Å². The number of para-hydroxylation sites is 1. The number of carbonyl (C=O) groups is 4. The summed E-state index contributed by atoms with van der Waals surface area (Å²) >= 11 is 14.9. The van der Waals surface area contributed by atoms with Crippen LogP contribution in [0.1, 0.15) is 35.4 Å². The Morgan fingerprint density at radius 3 is 2.12 bits per heavy atom. The third-order valence-corrected chi connectivity index (χ3v) is 12.9. The van der Waals surface area contributed by atoms with Gasteiger partial charge in [0.15, 0.2) is 21.2 Å². The second kappa shape index (κ2) is 13.8. The summed E-state index contributed by atoms with van der Waals surface area (Å²) in [5.74, 6) is -5.92. The van der Waals surface area contributed by atoms with Crippen molar-refractivity contribution in [3.05, 3.63) is 119 Å². The van der Waals surface area contributed by atoms with Crippen molar-refractivity contribution in [1.29, 1.82) is 0 Å². The van der Waals surface area contributed by atoms with Crippen LogP contribution in [0.5, 0.6) is 23.0 Å². The van der Waals surface area contributed by atoms with Crippen LogP contribution in [0.2, 0.25) is 0 Å². The van der Waals surface area contributed by atoms with Crippen molar-refractivity contribution in [2.45, 2.75) is 28.5 Å². The lowest BCUT2D eigenvalue weighted by molar-refractivity contribution is -0.125. The van der Waals surface area contributed by atoms with E-state index in [1.165, 1.54) is 30.2 Å². The quantitative estimate of drug-likeness (QED) is 0.0843. The molecule has 6 atom stereocenters. The fourth-order valence-corrected chi connectivity index (χ4v) is 9.75. The van der Waals surface area contributed by atoms with E-state index < -0.39 is 62.9 Å². The molecule has 56 heavy (non-hydrogen) atoms. The van der Waals surface area contributed by atoms with E-state index in [1.54, 1.807) is 68.8 Å². The molecule has 4 aromatic carbocycles. The first kappa shape index (κ1) is 37.3. The van der Waals surface area contributed by atoms with Crippen molar-refractivity contribution < 1.29 is 42.9 Å². The first-order valence-electron chi connectivity index (χ1n) is 17.8. The van der Waals surface area contributed by atoms with Gasteiger partial charge in [0, 0.05) is 17.0 Å². The Balaban J connectivity index is 1.17. The van der Waals surface area contributed by atoms with Crippen molar-refractivity contribution >= 4 is 70.4 Å². The number of hydrogen-bond donors (Lipinski definition) is 1. The minimum Gasteiger partial charge on any atom is -0.504 e. The summed E-state index contributed by atoms with van der Waals surface area (Å²) < 4.78 is 30.2. The number of fused-ring (bicyclic) bond motifs is 4. The Kier molecular flexibility index (Phi) is 9.20. The Morgan fingerprint density at radius 2 is 1.45 bits per heavy atom. The molecule has 286 valence electrons. The number of methoxy groups -OCH3 is 3. The molecule has 1 saturated carbocycles. The molecule has 1 N–H and O–H groups in total. The van der Waals surface area contributed by atoms with E-state index in [-0.39, 0.29) is 35.6 Å². The SMILES string of the molecule is COc1ccc(OC)c(C=Cc2ccc(N3C(=O)C4CC=C5C(CC6(Cl)C(=O)N(c7ccc(F)cc7)C(=O)C6(Cl)C5c5cccc(OC)c5O)C4C3=O)cc2)c1. The summed E-state index contributed by atoms with van der Waals surface area (Å²) in [5.41, 5.74) is 2.67. The number of phenolic OH excluding ortho intramolecular Hbond substituents is 1. The zero-order valence-electron chi connectivity index (χ0n) is 30.4. The molecule has 13 heteroatoms. The van der Waals surface area contributed by atoms with Crippen molar-refractivity contribution in [1.82, 2.24) is 0 Å². The summed E-state index contributed by atoms with van der Waals surface area (Å²) in [6.45, 7) is 0. The van der Waals surface area contributed by atoms with Crippen LogP contribution < -0.4 is 24.0 Å². The molecule has 4 aliphatic rings. The molecule has 0 spiro atoms. The first-order valence-corrected chi connectivity index (χ1v) is 18.6. The number of aromatic hydroxyl groups is 1. The number of allylic oxidation sites excluding steroid dienone is 2. The van der Waals surface area contributed by atoms with Crippen LogP contribution >= 0.6 is 23.2 Å². The molecular formula is C43H35Cl2FN2O8. The third kappa shape index (κ3) is 5.43. The lowest BCUT2D eigenvalue weighted by Gasteiger charge is -2.50. The number of ether oxygens (including phenoxy) is 3. The van der Waals surface area contributed by atoms with Gasteiger partial charge < -0.3 is 19.3 Å². The lowest BCUT2D eigenvalue weighted by Crippen LogP contribution is -2.60. The van der Waals surface area contributed by atoms with Crippen LogP contribution in [-0.2, 0) is 19.2 Å². The molecule has 2 heterocycles. The minimum atomic E-state index is -2.21. The van der Waals surface area contributed by atoms with Gasteiger partial charge in [-0.15, -0.1) is 23.2 Å². The third-order valence-electron chi connectivity index (χ3n) is 11.5. The summed E-state index contributed by atoms with van der Waals surface area (Å²) in [5, 5.41) is 11.5. The van der Waals surface area contributed by atoms with Gasteiger partial charge in [-0.3, -0.25) is 24.1 Å². The van der Waals surface area contributed by atoms with E-state index in [2.05, 4.69) is 0 Å². The number of nitrogens with zero attached hydrogens (tertiary/aromatic N) is 2. The molecule has 4 aromatic rings. The summed E-state index contributed by atoms with van der Waals surface area (Å²) in [7, 11) is 4.53. The predicted octanol–water partition coefficient (Wildman–Crippen LogP) is 7.50. The van der Waals surface area contributed by atoms with Gasteiger partial charge in [0.25, 0.3) is 11.8 Å². The Hall–Kier alpha value is -5.65. The topological polar surface area (TPSA) is 123 Å². The van der Waals surface area contributed by atoms with Gasteiger partial charge >= 0.3 is 0 Å². The molecule has 0 radical (unpaired) electrons. The van der Waals surface area contributed by atoms with Crippen molar-refractivity contribution in [3.63, 3.8) is 0 Å². The molecule has 4 amide bonds. The lowest BCUT2D eigenvalue weighted by atomic mass is 9.56. The Morgan fingerprint density at radius 1 is 0.768 bits per heavy atom. The van der Waals surface area contributed by atoms with E-state index in [0.29, 0.717) is 22.8 Å². The van der Waals surface area contributed by atoms with E-state index in [4.69, 9.17) is 37.4 Å². The average Bonchev–Trinajstić information content (AvgIpc) is 3.55. The fourth-order valence-electron chi connectivity index (χ4n) is 8.83. The van der Waals surface area contributed by atoms with Crippen molar-refractivity contribution in [2.75, 3.05) is 31.1 Å². The normalized spacial score (nSPS) is 26.9. The second-order valence-corrected chi connectivity index (χ2v) is 15.4. The van der Waals surface area contributed by atoms with Gasteiger partial charge in [-0.1, -0.05) is 48.1 Å². The van der Waals surface area contributed by atoms with Gasteiger partial charge in [0.05, 0.1) is 44.5 Å². The number of imide groups is 2. The maximum Gasteiger partial charge on any atom is 0.258 e. The molecule has 0 bridgehead atoms. The largest absolute Gasteiger partial charge is 0.504 e. The van der Waals surface area contributed by atoms with Gasteiger partial charge in [0.2, 0.25) is 11.8 Å². The number of phenols is 1.